The molecular weight excluding hydrogens is 378 g/mol. The summed E-state index contributed by atoms with van der Waals surface area (Å²) in [5.74, 6) is -0.131. The number of hydrogen-bond donors (Lipinski definition) is 2. The zero-order valence-corrected chi connectivity index (χ0v) is 16.6. The molecule has 1 unspecified atom stereocenters. The van der Waals surface area contributed by atoms with Gasteiger partial charge in [0, 0.05) is 18.8 Å². The molecule has 1 amide bonds. The van der Waals surface area contributed by atoms with E-state index in [4.69, 9.17) is 9.88 Å². The zero-order valence-electron chi connectivity index (χ0n) is 15.8. The Morgan fingerprint density at radius 1 is 1.11 bits per heavy atom. The highest BCUT2D eigenvalue weighted by Gasteiger charge is 2.14. The summed E-state index contributed by atoms with van der Waals surface area (Å²) >= 11 is 0. The number of ether oxygens (including phenoxy) is 1. The molecule has 0 spiro atoms. The number of nitrogens with one attached hydrogen (secondary N) is 1. The van der Waals surface area contributed by atoms with Gasteiger partial charge in [0.15, 0.2) is 0 Å². The number of amides is 1. The molecule has 1 saturated heterocycles. The van der Waals surface area contributed by atoms with Crippen LogP contribution in [0.4, 0.5) is 5.69 Å². The predicted molar refractivity (Wildman–Crippen MR) is 108 cm³/mol. The number of rotatable bonds is 6. The van der Waals surface area contributed by atoms with E-state index in [2.05, 4.69) is 22.3 Å². The Hall–Kier alpha value is -2.42. The second-order valence-corrected chi connectivity index (χ2v) is 8.41. The Morgan fingerprint density at radius 2 is 1.71 bits per heavy atom. The molecule has 3 N–H and O–H groups in total. The first-order chi connectivity index (χ1) is 13.3. The average molecular weight is 404 g/mol. The fourth-order valence-electron chi connectivity index (χ4n) is 3.15. The minimum Gasteiger partial charge on any atom is -0.378 e. The van der Waals surface area contributed by atoms with Crippen molar-refractivity contribution < 1.29 is 17.9 Å². The second kappa shape index (κ2) is 8.72. The molecule has 150 valence electrons. The molecule has 1 fully saturated rings. The van der Waals surface area contributed by atoms with Crippen LogP contribution in [-0.2, 0) is 26.0 Å². The largest absolute Gasteiger partial charge is 0.378 e. The maximum absolute atomic E-state index is 12.3. The Labute approximate surface area is 165 Å². The average Bonchev–Trinajstić information content (AvgIpc) is 2.68. The topological polar surface area (TPSA) is 102 Å². The van der Waals surface area contributed by atoms with Gasteiger partial charge in [0.1, 0.15) is 0 Å². The van der Waals surface area contributed by atoms with Crippen molar-refractivity contribution in [2.45, 2.75) is 24.3 Å². The fourth-order valence-corrected chi connectivity index (χ4v) is 3.67. The number of nitrogens with two attached hydrogens (primary N) is 1. The molecule has 7 nitrogen and oxygen atoms in total. The summed E-state index contributed by atoms with van der Waals surface area (Å²) in [6.45, 7) is 5.19. The van der Waals surface area contributed by atoms with Crippen molar-refractivity contribution in [2.24, 2.45) is 5.14 Å². The highest BCUT2D eigenvalue weighted by Crippen LogP contribution is 2.20. The minimum absolute atomic E-state index is 0.0328. The lowest BCUT2D eigenvalue weighted by molar-refractivity contribution is -0.121. The Kier molecular flexibility index (Phi) is 6.33. The summed E-state index contributed by atoms with van der Waals surface area (Å²) in [5.41, 5.74) is 2.90. The molecule has 3 rings (SSSR count). The van der Waals surface area contributed by atoms with E-state index in [1.54, 1.807) is 12.1 Å². The van der Waals surface area contributed by atoms with Crippen molar-refractivity contribution in [1.82, 2.24) is 5.32 Å². The number of nitrogens with zero attached hydrogens (tertiary/aromatic N) is 1. The van der Waals surface area contributed by atoms with Crippen molar-refractivity contribution in [1.29, 1.82) is 0 Å². The molecule has 0 aliphatic carbocycles. The number of carbonyl (C=O) groups excluding carboxylic acids is 1. The van der Waals surface area contributed by atoms with Crippen molar-refractivity contribution >= 4 is 21.6 Å². The molecule has 0 aromatic heterocycles. The normalized spacial score (nSPS) is 15.9. The van der Waals surface area contributed by atoms with E-state index in [9.17, 15) is 13.2 Å². The van der Waals surface area contributed by atoms with Gasteiger partial charge in [0.05, 0.1) is 30.6 Å². The molecule has 1 aliphatic rings. The van der Waals surface area contributed by atoms with Gasteiger partial charge in [0.25, 0.3) is 0 Å². The van der Waals surface area contributed by atoms with E-state index in [1.807, 2.05) is 19.1 Å². The van der Waals surface area contributed by atoms with Gasteiger partial charge >= 0.3 is 0 Å². The second-order valence-electron chi connectivity index (χ2n) is 6.85. The first-order valence-corrected chi connectivity index (χ1v) is 10.7. The standard InChI is InChI=1S/C20H25N3O4S/c1-15(17-4-6-18(7-5-17)23-10-12-27-13-11-23)22-20(24)14-16-2-8-19(9-3-16)28(21,25)26/h2-9,15H,10-14H2,1H3,(H,22,24)(H2,21,25,26). The number of sulfonamides is 1. The molecule has 1 aliphatic heterocycles. The van der Waals surface area contributed by atoms with Crippen LogP contribution < -0.4 is 15.4 Å². The Bertz CT molecular complexity index is 905. The Morgan fingerprint density at radius 3 is 2.29 bits per heavy atom. The SMILES string of the molecule is CC(NC(=O)Cc1ccc(S(N)(=O)=O)cc1)c1ccc(N2CCOCC2)cc1. The molecule has 8 heteroatoms. The number of hydrogen-bond acceptors (Lipinski definition) is 5. The monoisotopic (exact) mass is 403 g/mol. The predicted octanol–water partition coefficient (Wildman–Crippen LogP) is 1.59. The van der Waals surface area contributed by atoms with Gasteiger partial charge in [-0.15, -0.1) is 0 Å². The van der Waals surface area contributed by atoms with Gasteiger partial charge in [0.2, 0.25) is 15.9 Å². The van der Waals surface area contributed by atoms with Crippen LogP contribution in [0.1, 0.15) is 24.1 Å². The minimum atomic E-state index is -3.73. The lowest BCUT2D eigenvalue weighted by Gasteiger charge is -2.29. The third-order valence-corrected chi connectivity index (χ3v) is 5.69. The molecule has 2 aromatic carbocycles. The molecule has 1 atom stereocenters. The zero-order chi connectivity index (χ0) is 20.1. The fraction of sp³-hybridized carbons (Fsp3) is 0.350. The van der Waals surface area contributed by atoms with E-state index in [-0.39, 0.29) is 23.3 Å². The highest BCUT2D eigenvalue weighted by atomic mass is 32.2. The van der Waals surface area contributed by atoms with Crippen LogP contribution in [0.5, 0.6) is 0 Å². The number of morpholine rings is 1. The summed E-state index contributed by atoms with van der Waals surface area (Å²) < 4.78 is 27.9. The van der Waals surface area contributed by atoms with Crippen LogP contribution in [0, 0.1) is 0 Å². The van der Waals surface area contributed by atoms with Crippen LogP contribution in [-0.4, -0.2) is 40.6 Å². The van der Waals surface area contributed by atoms with Crippen molar-refractivity contribution in [3.8, 4) is 0 Å². The summed E-state index contributed by atoms with van der Waals surface area (Å²) in [6.07, 6.45) is 0.168. The van der Waals surface area contributed by atoms with Crippen molar-refractivity contribution in [3.05, 3.63) is 59.7 Å². The van der Waals surface area contributed by atoms with E-state index in [0.29, 0.717) is 0 Å². The molecular formula is C20H25N3O4S. The molecule has 1 heterocycles. The van der Waals surface area contributed by atoms with Crippen molar-refractivity contribution in [2.75, 3.05) is 31.2 Å². The molecule has 0 saturated carbocycles. The van der Waals surface area contributed by atoms with E-state index < -0.39 is 10.0 Å². The summed E-state index contributed by atoms with van der Waals surface area (Å²) in [7, 11) is -3.73. The summed E-state index contributed by atoms with van der Waals surface area (Å²) in [5, 5.41) is 8.05. The van der Waals surface area contributed by atoms with Gasteiger partial charge in [-0.25, -0.2) is 13.6 Å². The van der Waals surface area contributed by atoms with Gasteiger partial charge < -0.3 is 15.0 Å². The lowest BCUT2D eigenvalue weighted by atomic mass is 10.1. The summed E-state index contributed by atoms with van der Waals surface area (Å²) in [6, 6.07) is 14.1. The lowest BCUT2D eigenvalue weighted by Crippen LogP contribution is -2.36. The molecule has 28 heavy (non-hydrogen) atoms. The smallest absolute Gasteiger partial charge is 0.238 e. The first-order valence-electron chi connectivity index (χ1n) is 9.17. The molecule has 0 bridgehead atoms. The van der Waals surface area contributed by atoms with E-state index in [1.165, 1.54) is 12.1 Å². The van der Waals surface area contributed by atoms with Gasteiger partial charge in [-0.05, 0) is 42.3 Å². The van der Waals surface area contributed by atoms with E-state index in [0.717, 1.165) is 43.1 Å². The summed E-state index contributed by atoms with van der Waals surface area (Å²) in [4.78, 5) is 14.6. The third-order valence-electron chi connectivity index (χ3n) is 4.76. The first kappa shape index (κ1) is 20.3. The highest BCUT2D eigenvalue weighted by molar-refractivity contribution is 7.89. The van der Waals surface area contributed by atoms with Crippen LogP contribution in [0.25, 0.3) is 0 Å². The molecule has 0 radical (unpaired) electrons. The number of carbonyl (C=O) groups is 1. The maximum atomic E-state index is 12.3. The quantitative estimate of drug-likeness (QED) is 0.763. The Balaban J connectivity index is 1.56. The van der Waals surface area contributed by atoms with Crippen LogP contribution in [0.2, 0.25) is 0 Å². The number of anilines is 1. The van der Waals surface area contributed by atoms with Crippen LogP contribution in [0.3, 0.4) is 0 Å². The number of benzene rings is 2. The van der Waals surface area contributed by atoms with E-state index >= 15 is 0 Å². The van der Waals surface area contributed by atoms with Crippen LogP contribution in [0.15, 0.2) is 53.4 Å². The van der Waals surface area contributed by atoms with Gasteiger partial charge in [-0.2, -0.15) is 0 Å². The van der Waals surface area contributed by atoms with Crippen molar-refractivity contribution in [3.63, 3.8) is 0 Å². The number of primary sulfonamides is 1. The maximum Gasteiger partial charge on any atom is 0.238 e. The molecule has 2 aromatic rings. The van der Waals surface area contributed by atoms with Crippen LogP contribution >= 0.6 is 0 Å². The third kappa shape index (κ3) is 5.31. The van der Waals surface area contributed by atoms with Gasteiger partial charge in [-0.1, -0.05) is 24.3 Å². The van der Waals surface area contributed by atoms with Gasteiger partial charge in [-0.3, -0.25) is 4.79 Å².